The molecule has 0 spiro atoms. The molecule has 0 saturated carbocycles. The zero-order valence-electron chi connectivity index (χ0n) is 13.1. The average molecular weight is 316 g/mol. The number of carbonyl (C=O) groups is 1. The predicted octanol–water partition coefficient (Wildman–Crippen LogP) is 0.180. The van der Waals surface area contributed by atoms with Crippen LogP contribution in [-0.4, -0.2) is 70.0 Å². The minimum atomic E-state index is -1.28. The van der Waals surface area contributed by atoms with Gasteiger partial charge in [-0.05, 0) is 13.0 Å². The molecule has 2 aliphatic heterocycles. The lowest BCUT2D eigenvalue weighted by Gasteiger charge is -2.44. The van der Waals surface area contributed by atoms with Crippen LogP contribution in [0.4, 0.5) is 4.79 Å². The van der Waals surface area contributed by atoms with E-state index in [1.807, 2.05) is 0 Å². The van der Waals surface area contributed by atoms with E-state index in [-0.39, 0.29) is 6.61 Å². The number of fused-ring (bicyclic) bond motifs is 1. The fourth-order valence-corrected chi connectivity index (χ4v) is 3.19. The number of nitrogens with zero attached hydrogens (tertiary/aromatic N) is 1. The van der Waals surface area contributed by atoms with Gasteiger partial charge >= 0.3 is 6.09 Å². The van der Waals surface area contributed by atoms with Crippen molar-refractivity contribution in [1.29, 1.82) is 0 Å². The molecule has 0 bridgehead atoms. The molecule has 4 N–H and O–H groups in total. The second-order valence-corrected chi connectivity index (χ2v) is 6.19. The van der Waals surface area contributed by atoms with E-state index in [9.17, 15) is 20.1 Å². The van der Waals surface area contributed by atoms with Gasteiger partial charge in [0.1, 0.15) is 31.1 Å². The van der Waals surface area contributed by atoms with Crippen LogP contribution in [0.1, 0.15) is 45.4 Å². The molecule has 0 aromatic heterocycles. The molecule has 0 aromatic rings. The molecular formula is C15H28N2O5. The molecule has 2 heterocycles. The summed E-state index contributed by atoms with van der Waals surface area (Å²) in [6, 6.07) is -0.604. The monoisotopic (exact) mass is 316 g/mol. The van der Waals surface area contributed by atoms with E-state index < -0.39 is 36.6 Å². The summed E-state index contributed by atoms with van der Waals surface area (Å²) in [5, 5.41) is 33.1. The largest absolute Gasteiger partial charge is 0.447 e. The second kappa shape index (κ2) is 8.10. The Hall–Kier alpha value is -0.890. The van der Waals surface area contributed by atoms with Crippen LogP contribution in [0.25, 0.3) is 0 Å². The third kappa shape index (κ3) is 3.71. The minimum absolute atomic E-state index is 0.0407. The zero-order chi connectivity index (χ0) is 16.1. The topological polar surface area (TPSA) is 102 Å². The molecule has 5 atom stereocenters. The maximum atomic E-state index is 11.8. The number of ether oxygens (including phenoxy) is 1. The van der Waals surface area contributed by atoms with Gasteiger partial charge in [-0.2, -0.15) is 0 Å². The minimum Gasteiger partial charge on any atom is -0.447 e. The van der Waals surface area contributed by atoms with Gasteiger partial charge in [0.25, 0.3) is 0 Å². The normalized spacial score (nSPS) is 34.6. The predicted molar refractivity (Wildman–Crippen MR) is 80.2 cm³/mol. The van der Waals surface area contributed by atoms with E-state index in [2.05, 4.69) is 12.2 Å². The van der Waals surface area contributed by atoms with Crippen LogP contribution < -0.4 is 5.32 Å². The number of cyclic esters (lactones) is 1. The van der Waals surface area contributed by atoms with E-state index in [1.165, 1.54) is 30.6 Å². The molecular weight excluding hydrogens is 288 g/mol. The Balaban J connectivity index is 1.81. The van der Waals surface area contributed by atoms with E-state index in [1.54, 1.807) is 0 Å². The third-order valence-electron chi connectivity index (χ3n) is 4.55. The molecule has 128 valence electrons. The molecule has 0 aromatic carbocycles. The molecule has 7 nitrogen and oxygen atoms in total. The average Bonchev–Trinajstić information content (AvgIpc) is 2.89. The molecule has 0 radical (unpaired) electrons. The number of rotatable bonds is 8. The van der Waals surface area contributed by atoms with Crippen LogP contribution in [0.3, 0.4) is 0 Å². The smallest absolute Gasteiger partial charge is 0.411 e. The fourth-order valence-electron chi connectivity index (χ4n) is 3.19. The highest BCUT2D eigenvalue weighted by molar-refractivity contribution is 5.71. The molecule has 2 rings (SSSR count). The van der Waals surface area contributed by atoms with Crippen molar-refractivity contribution in [1.82, 2.24) is 10.2 Å². The number of nitrogens with one attached hydrogen (secondary N) is 1. The van der Waals surface area contributed by atoms with Crippen LogP contribution in [0.15, 0.2) is 0 Å². The Bertz CT molecular complexity index is 368. The number of piperidine rings is 1. The maximum Gasteiger partial charge on any atom is 0.411 e. The first kappa shape index (κ1) is 17.5. The lowest BCUT2D eigenvalue weighted by molar-refractivity contribution is -0.148. The molecule has 0 aliphatic carbocycles. The van der Waals surface area contributed by atoms with Crippen molar-refractivity contribution < 1.29 is 24.9 Å². The lowest BCUT2D eigenvalue weighted by atomic mass is 9.92. The van der Waals surface area contributed by atoms with Gasteiger partial charge in [0.2, 0.25) is 0 Å². The summed E-state index contributed by atoms with van der Waals surface area (Å²) in [6.07, 6.45) is 1.94. The first-order valence-electron chi connectivity index (χ1n) is 8.30. The van der Waals surface area contributed by atoms with Gasteiger partial charge in [-0.3, -0.25) is 10.2 Å². The Kier molecular flexibility index (Phi) is 6.43. The van der Waals surface area contributed by atoms with Gasteiger partial charge in [0.15, 0.2) is 0 Å². The standard InChI is InChI=1S/C15H28N2O5/c1-2-3-4-5-6-7-8-16-14-13(20)12(19)11(18)10-9-22-15(21)17(10)14/h10-14,16,18-20H,2-9H2,1H3/t10-,11-,12+,13+,14+/m1/s1. The van der Waals surface area contributed by atoms with Gasteiger partial charge in [-0.15, -0.1) is 0 Å². The van der Waals surface area contributed by atoms with Crippen molar-refractivity contribution in [2.24, 2.45) is 0 Å². The van der Waals surface area contributed by atoms with Gasteiger partial charge in [0, 0.05) is 0 Å². The quantitative estimate of drug-likeness (QED) is 0.477. The van der Waals surface area contributed by atoms with Gasteiger partial charge in [-0.1, -0.05) is 39.0 Å². The molecule has 1 amide bonds. The summed E-state index contributed by atoms with van der Waals surface area (Å²) < 4.78 is 4.93. The van der Waals surface area contributed by atoms with Gasteiger partial charge in [0.05, 0.1) is 6.04 Å². The Morgan fingerprint density at radius 3 is 2.50 bits per heavy atom. The van der Waals surface area contributed by atoms with Crippen molar-refractivity contribution in [3.63, 3.8) is 0 Å². The van der Waals surface area contributed by atoms with Crippen molar-refractivity contribution >= 4 is 6.09 Å². The number of carbonyl (C=O) groups excluding carboxylic acids is 1. The van der Waals surface area contributed by atoms with Crippen LogP contribution in [0, 0.1) is 0 Å². The lowest BCUT2D eigenvalue weighted by Crippen LogP contribution is -2.69. The third-order valence-corrected chi connectivity index (χ3v) is 4.55. The van der Waals surface area contributed by atoms with Crippen molar-refractivity contribution in [3.8, 4) is 0 Å². The van der Waals surface area contributed by atoms with E-state index in [0.29, 0.717) is 6.54 Å². The van der Waals surface area contributed by atoms with Crippen molar-refractivity contribution in [3.05, 3.63) is 0 Å². The first-order chi connectivity index (χ1) is 10.6. The Morgan fingerprint density at radius 2 is 1.77 bits per heavy atom. The number of hydrogen-bond donors (Lipinski definition) is 4. The Labute approximate surface area is 131 Å². The molecule has 2 aliphatic rings. The SMILES string of the molecule is CCCCCCCCN[C@@H]1[C@@H](O)[C@@H](O)[C@H](O)[C@H]2COC(=O)N21. The highest BCUT2D eigenvalue weighted by Gasteiger charge is 2.53. The summed E-state index contributed by atoms with van der Waals surface area (Å²) in [4.78, 5) is 13.1. The van der Waals surface area contributed by atoms with Crippen molar-refractivity contribution in [2.75, 3.05) is 13.2 Å². The molecule has 2 saturated heterocycles. The van der Waals surface area contributed by atoms with E-state index >= 15 is 0 Å². The molecule has 0 unspecified atom stereocenters. The fraction of sp³-hybridized carbons (Fsp3) is 0.933. The number of amides is 1. The van der Waals surface area contributed by atoms with Gasteiger partial charge < -0.3 is 20.1 Å². The number of unbranched alkanes of at least 4 members (excludes halogenated alkanes) is 5. The zero-order valence-corrected chi connectivity index (χ0v) is 13.1. The van der Waals surface area contributed by atoms with E-state index in [0.717, 1.165) is 12.8 Å². The number of aliphatic hydroxyl groups is 3. The number of hydrogen-bond acceptors (Lipinski definition) is 6. The summed E-state index contributed by atoms with van der Waals surface area (Å²) in [5.41, 5.74) is 0. The molecule has 22 heavy (non-hydrogen) atoms. The molecule has 7 heteroatoms. The van der Waals surface area contributed by atoms with E-state index in [4.69, 9.17) is 4.74 Å². The summed E-state index contributed by atoms with van der Waals surface area (Å²) in [5.74, 6) is 0. The first-order valence-corrected chi connectivity index (χ1v) is 8.30. The number of aliphatic hydroxyl groups excluding tert-OH is 3. The summed E-state index contributed by atoms with van der Waals surface area (Å²) in [7, 11) is 0. The second-order valence-electron chi connectivity index (χ2n) is 6.19. The van der Waals surface area contributed by atoms with Crippen LogP contribution >= 0.6 is 0 Å². The van der Waals surface area contributed by atoms with Crippen LogP contribution in [0.2, 0.25) is 0 Å². The maximum absolute atomic E-state index is 11.8. The van der Waals surface area contributed by atoms with Crippen LogP contribution in [0.5, 0.6) is 0 Å². The Morgan fingerprint density at radius 1 is 1.09 bits per heavy atom. The summed E-state index contributed by atoms with van der Waals surface area (Å²) in [6.45, 7) is 2.86. The highest BCUT2D eigenvalue weighted by atomic mass is 16.6. The van der Waals surface area contributed by atoms with Crippen LogP contribution in [-0.2, 0) is 4.74 Å². The van der Waals surface area contributed by atoms with Crippen molar-refractivity contribution in [2.45, 2.75) is 76.0 Å². The highest BCUT2D eigenvalue weighted by Crippen LogP contribution is 2.28. The molecule has 2 fully saturated rings. The van der Waals surface area contributed by atoms with Gasteiger partial charge in [-0.25, -0.2) is 4.79 Å². The summed E-state index contributed by atoms with van der Waals surface area (Å²) >= 11 is 0.